The highest BCUT2D eigenvalue weighted by molar-refractivity contribution is 5.86. The number of alkyl halides is 3. The number of para-hydroxylation sites is 1. The number of benzene rings is 1. The molecule has 2 aliphatic rings. The molecular weight excluding hydrogens is 494 g/mol. The van der Waals surface area contributed by atoms with E-state index < -0.39 is 29.1 Å². The Morgan fingerprint density at radius 1 is 1.14 bits per heavy atom. The number of hydrogen-bond donors (Lipinski definition) is 1. The molecule has 0 saturated carbocycles. The number of anilines is 1. The molecule has 2 saturated heterocycles. The molecule has 1 N–H and O–H groups in total. The number of nitrogens with one attached hydrogen (secondary N) is 1. The largest absolute Gasteiger partial charge is 0.462 e. The van der Waals surface area contributed by atoms with E-state index in [0.717, 1.165) is 31.5 Å². The normalized spacial score (nSPS) is 21.1. The summed E-state index contributed by atoms with van der Waals surface area (Å²) < 4.78 is 63.3. The third-order valence-corrected chi connectivity index (χ3v) is 6.88. The Hall–Kier alpha value is -3.32. The number of likely N-dealkylation sites (tertiary alicyclic amines) is 1. The van der Waals surface area contributed by atoms with Gasteiger partial charge in [-0.2, -0.15) is 23.1 Å². The fourth-order valence-corrected chi connectivity index (χ4v) is 4.86. The van der Waals surface area contributed by atoms with Crippen LogP contribution >= 0.6 is 0 Å². The van der Waals surface area contributed by atoms with Gasteiger partial charge in [-0.15, -0.1) is 0 Å². The van der Waals surface area contributed by atoms with Gasteiger partial charge in [0.25, 0.3) is 5.56 Å². The Morgan fingerprint density at radius 2 is 1.92 bits per heavy atom. The summed E-state index contributed by atoms with van der Waals surface area (Å²) in [5.74, 6) is -2.47. The SMILES string of the molecule is CC1CNCCN1c1nc(OCC2CCCN2C)nc2c(=O)n(-c3ccccc3F)c(C(F)(F)F)nc12. The van der Waals surface area contributed by atoms with Crippen molar-refractivity contribution in [3.63, 3.8) is 0 Å². The quantitative estimate of drug-likeness (QED) is 0.513. The molecule has 0 amide bonds. The predicted octanol–water partition coefficient (Wildman–Crippen LogP) is 2.60. The minimum absolute atomic E-state index is 0.0806. The summed E-state index contributed by atoms with van der Waals surface area (Å²) in [6, 6.07) is 4.58. The van der Waals surface area contributed by atoms with Crippen molar-refractivity contribution in [1.29, 1.82) is 0 Å². The van der Waals surface area contributed by atoms with E-state index >= 15 is 0 Å². The van der Waals surface area contributed by atoms with Gasteiger partial charge < -0.3 is 19.9 Å². The van der Waals surface area contributed by atoms with E-state index in [1.165, 1.54) is 12.1 Å². The predicted molar refractivity (Wildman–Crippen MR) is 129 cm³/mol. The summed E-state index contributed by atoms with van der Waals surface area (Å²) in [6.07, 6.45) is -3.11. The van der Waals surface area contributed by atoms with Crippen molar-refractivity contribution in [3.8, 4) is 11.7 Å². The van der Waals surface area contributed by atoms with Crippen LogP contribution in [0.2, 0.25) is 0 Å². The minimum atomic E-state index is -5.05. The lowest BCUT2D eigenvalue weighted by atomic mass is 10.2. The fraction of sp³-hybridized carbons (Fsp3) is 0.500. The van der Waals surface area contributed by atoms with Gasteiger partial charge in [0, 0.05) is 31.7 Å². The summed E-state index contributed by atoms with van der Waals surface area (Å²) in [5, 5.41) is 3.22. The van der Waals surface area contributed by atoms with Crippen molar-refractivity contribution >= 4 is 16.9 Å². The molecule has 0 bridgehead atoms. The van der Waals surface area contributed by atoms with Crippen LogP contribution in [0.1, 0.15) is 25.6 Å². The third-order valence-electron chi connectivity index (χ3n) is 6.88. The molecule has 0 spiro atoms. The molecule has 4 heterocycles. The van der Waals surface area contributed by atoms with E-state index in [1.54, 1.807) is 4.90 Å². The Morgan fingerprint density at radius 3 is 2.59 bits per heavy atom. The maximum Gasteiger partial charge on any atom is 0.450 e. The summed E-state index contributed by atoms with van der Waals surface area (Å²) in [4.78, 5) is 30.0. The maximum atomic E-state index is 14.6. The number of hydrogen-bond acceptors (Lipinski definition) is 8. The lowest BCUT2D eigenvalue weighted by molar-refractivity contribution is -0.146. The second kappa shape index (κ2) is 9.86. The van der Waals surface area contributed by atoms with Crippen molar-refractivity contribution in [2.45, 2.75) is 38.0 Å². The monoisotopic (exact) mass is 521 g/mol. The van der Waals surface area contributed by atoms with Crippen LogP contribution in [0, 0.1) is 5.82 Å². The zero-order valence-corrected chi connectivity index (χ0v) is 20.4. The number of halogens is 4. The van der Waals surface area contributed by atoms with E-state index in [4.69, 9.17) is 4.74 Å². The highest BCUT2D eigenvalue weighted by atomic mass is 19.4. The molecule has 1 aromatic carbocycles. The van der Waals surface area contributed by atoms with E-state index in [1.807, 2.05) is 14.0 Å². The molecular formula is C24H27F4N7O2. The molecule has 2 atom stereocenters. The molecule has 13 heteroatoms. The first-order valence-electron chi connectivity index (χ1n) is 12.1. The van der Waals surface area contributed by atoms with E-state index in [0.29, 0.717) is 19.6 Å². The van der Waals surface area contributed by atoms with E-state index in [2.05, 4.69) is 25.2 Å². The second-order valence-corrected chi connectivity index (χ2v) is 9.39. The van der Waals surface area contributed by atoms with Gasteiger partial charge in [-0.05, 0) is 45.5 Å². The van der Waals surface area contributed by atoms with Gasteiger partial charge in [0.05, 0.1) is 5.69 Å². The van der Waals surface area contributed by atoms with Crippen molar-refractivity contribution in [3.05, 3.63) is 46.3 Å². The Bertz CT molecular complexity index is 1360. The number of likely N-dealkylation sites (N-methyl/N-ethyl adjacent to an activating group) is 1. The Kier molecular flexibility index (Phi) is 6.75. The number of rotatable bonds is 5. The maximum absolute atomic E-state index is 14.6. The van der Waals surface area contributed by atoms with Gasteiger partial charge in [-0.25, -0.2) is 9.37 Å². The minimum Gasteiger partial charge on any atom is -0.462 e. The number of nitrogens with zero attached hydrogens (tertiary/aromatic N) is 6. The van der Waals surface area contributed by atoms with Crippen molar-refractivity contribution < 1.29 is 22.3 Å². The van der Waals surface area contributed by atoms with Crippen molar-refractivity contribution in [2.24, 2.45) is 0 Å². The van der Waals surface area contributed by atoms with Gasteiger partial charge in [-0.3, -0.25) is 9.36 Å². The summed E-state index contributed by atoms with van der Waals surface area (Å²) in [7, 11) is 1.98. The van der Waals surface area contributed by atoms with Crippen LogP contribution in [0.3, 0.4) is 0 Å². The highest BCUT2D eigenvalue weighted by Crippen LogP contribution is 2.33. The van der Waals surface area contributed by atoms with Crippen LogP contribution in [0.25, 0.3) is 16.7 Å². The van der Waals surface area contributed by atoms with Crippen molar-refractivity contribution in [1.82, 2.24) is 29.7 Å². The van der Waals surface area contributed by atoms with E-state index in [-0.39, 0.29) is 46.1 Å². The average Bonchev–Trinajstić information content (AvgIpc) is 3.27. The molecule has 5 rings (SSSR count). The molecule has 0 aliphatic carbocycles. The summed E-state index contributed by atoms with van der Waals surface area (Å²) in [5.41, 5.74) is -2.40. The molecule has 37 heavy (non-hydrogen) atoms. The lowest BCUT2D eigenvalue weighted by Gasteiger charge is -2.35. The average molecular weight is 522 g/mol. The molecule has 0 radical (unpaired) electrons. The Balaban J connectivity index is 1.73. The number of aromatic nitrogens is 4. The fourth-order valence-electron chi connectivity index (χ4n) is 4.86. The van der Waals surface area contributed by atoms with Gasteiger partial charge in [0.1, 0.15) is 17.9 Å². The molecule has 2 unspecified atom stereocenters. The van der Waals surface area contributed by atoms with Crippen molar-refractivity contribution in [2.75, 3.05) is 44.7 Å². The van der Waals surface area contributed by atoms with Crippen LogP contribution in [-0.2, 0) is 6.18 Å². The van der Waals surface area contributed by atoms with E-state index in [9.17, 15) is 22.4 Å². The van der Waals surface area contributed by atoms with Crippen LogP contribution in [-0.4, -0.2) is 76.3 Å². The molecule has 2 aliphatic heterocycles. The molecule has 9 nitrogen and oxygen atoms in total. The van der Waals surface area contributed by atoms with Gasteiger partial charge in [-0.1, -0.05) is 12.1 Å². The topological polar surface area (TPSA) is 88.4 Å². The lowest BCUT2D eigenvalue weighted by Crippen LogP contribution is -2.50. The summed E-state index contributed by atoms with van der Waals surface area (Å²) >= 11 is 0. The smallest absolute Gasteiger partial charge is 0.450 e. The zero-order chi connectivity index (χ0) is 26.3. The first-order chi connectivity index (χ1) is 17.6. The standard InChI is InChI=1S/C24H27F4N7O2/c1-14-12-29-9-11-34(14)20-18-19(31-23(32-20)37-13-15-6-5-10-33(15)2)21(36)35(22(30-18)24(26,27)28)17-8-4-3-7-16(17)25/h3-4,7-8,14-15,29H,5-6,9-13H2,1-2H3. The second-order valence-electron chi connectivity index (χ2n) is 9.39. The first-order valence-corrected chi connectivity index (χ1v) is 12.1. The van der Waals surface area contributed by atoms with Gasteiger partial charge >= 0.3 is 12.2 Å². The molecule has 198 valence electrons. The Labute approximate surface area is 210 Å². The van der Waals surface area contributed by atoms with Crippen LogP contribution in [0.15, 0.2) is 29.1 Å². The van der Waals surface area contributed by atoms with Crippen LogP contribution in [0.5, 0.6) is 6.01 Å². The summed E-state index contributed by atoms with van der Waals surface area (Å²) in [6.45, 7) is 4.63. The third kappa shape index (κ3) is 4.85. The molecule has 2 fully saturated rings. The number of fused-ring (bicyclic) bond motifs is 1. The molecule has 3 aromatic rings. The first kappa shape index (κ1) is 25.3. The van der Waals surface area contributed by atoms with Gasteiger partial charge in [0.15, 0.2) is 11.3 Å². The van der Waals surface area contributed by atoms with Crippen LogP contribution < -0.4 is 20.5 Å². The zero-order valence-electron chi connectivity index (χ0n) is 20.4. The highest BCUT2D eigenvalue weighted by Gasteiger charge is 2.40. The number of piperazine rings is 1. The van der Waals surface area contributed by atoms with Crippen LogP contribution in [0.4, 0.5) is 23.4 Å². The van der Waals surface area contributed by atoms with Gasteiger partial charge in [0.2, 0.25) is 5.82 Å². The number of ether oxygens (including phenoxy) is 1. The molecule has 2 aromatic heterocycles.